The first-order chi connectivity index (χ1) is 11.4. The van der Waals surface area contributed by atoms with Crippen molar-refractivity contribution in [3.63, 3.8) is 0 Å². The molecule has 1 fully saturated rings. The van der Waals surface area contributed by atoms with E-state index in [2.05, 4.69) is 10.3 Å². The first-order valence-electron chi connectivity index (χ1n) is 8.40. The molecule has 1 aliphatic carbocycles. The molecule has 0 unspecified atom stereocenters. The summed E-state index contributed by atoms with van der Waals surface area (Å²) < 4.78 is 25.6. The summed E-state index contributed by atoms with van der Waals surface area (Å²) in [5, 5.41) is 3.09. The van der Waals surface area contributed by atoms with Gasteiger partial charge in [-0.2, -0.15) is 0 Å². The summed E-state index contributed by atoms with van der Waals surface area (Å²) in [5.74, 6) is -0.0286. The van der Waals surface area contributed by atoms with Crippen LogP contribution < -0.4 is 5.32 Å². The average molecular weight is 349 g/mol. The van der Waals surface area contributed by atoms with Crippen molar-refractivity contribution in [3.05, 3.63) is 24.3 Å². The maximum absolute atomic E-state index is 12.2. The predicted octanol–water partition coefficient (Wildman–Crippen LogP) is 2.28. The van der Waals surface area contributed by atoms with Gasteiger partial charge in [0.05, 0.1) is 11.0 Å². The Morgan fingerprint density at radius 1 is 1.25 bits per heavy atom. The van der Waals surface area contributed by atoms with Crippen LogP contribution in [0, 0.1) is 0 Å². The molecule has 2 aromatic rings. The van der Waals surface area contributed by atoms with Gasteiger partial charge >= 0.3 is 0 Å². The molecular formula is C17H23N3O3S. The number of hydrogen-bond donors (Lipinski definition) is 1. The lowest BCUT2D eigenvalue weighted by molar-refractivity contribution is -0.122. The normalized spacial score (nSPS) is 16.4. The quantitative estimate of drug-likeness (QED) is 0.898. The molecule has 1 aliphatic rings. The van der Waals surface area contributed by atoms with Gasteiger partial charge in [-0.15, -0.1) is 0 Å². The summed E-state index contributed by atoms with van der Waals surface area (Å²) in [4.78, 5) is 16.4. The van der Waals surface area contributed by atoms with Crippen LogP contribution in [-0.2, 0) is 21.2 Å². The molecule has 0 aliphatic heterocycles. The Morgan fingerprint density at radius 2 is 1.96 bits per heavy atom. The van der Waals surface area contributed by atoms with Crippen molar-refractivity contribution >= 4 is 26.8 Å². The van der Waals surface area contributed by atoms with Crippen LogP contribution >= 0.6 is 0 Å². The fourth-order valence-electron chi connectivity index (χ4n) is 3.31. The summed E-state index contributed by atoms with van der Waals surface area (Å²) in [6, 6.07) is 7.54. The lowest BCUT2D eigenvalue weighted by Crippen LogP contribution is -2.36. The van der Waals surface area contributed by atoms with Crippen molar-refractivity contribution in [2.24, 2.45) is 0 Å². The molecule has 7 heteroatoms. The van der Waals surface area contributed by atoms with E-state index in [0.29, 0.717) is 12.1 Å². The molecule has 1 aromatic heterocycles. The Kier molecular flexibility index (Phi) is 4.89. The zero-order valence-corrected chi connectivity index (χ0v) is 14.7. The number of aryl methyl sites for hydroxylation is 1. The zero-order chi connectivity index (χ0) is 17.2. The van der Waals surface area contributed by atoms with E-state index in [1.807, 2.05) is 18.2 Å². The van der Waals surface area contributed by atoms with E-state index >= 15 is 0 Å². The molecule has 1 heterocycles. The van der Waals surface area contributed by atoms with Crippen molar-refractivity contribution in [1.82, 2.24) is 14.9 Å². The lowest BCUT2D eigenvalue weighted by Gasteiger charge is -2.22. The van der Waals surface area contributed by atoms with E-state index in [1.54, 1.807) is 10.6 Å². The molecule has 0 bridgehead atoms. The Balaban J connectivity index is 1.75. The molecule has 1 saturated carbocycles. The Hall–Kier alpha value is -1.89. The molecule has 0 saturated heterocycles. The number of benzene rings is 1. The molecule has 1 N–H and O–H groups in total. The highest BCUT2D eigenvalue weighted by atomic mass is 32.2. The van der Waals surface area contributed by atoms with E-state index in [1.165, 1.54) is 6.42 Å². The third-order valence-electron chi connectivity index (χ3n) is 4.48. The average Bonchev–Trinajstić information content (AvgIpc) is 2.93. The van der Waals surface area contributed by atoms with Gasteiger partial charge in [0.1, 0.15) is 0 Å². The van der Waals surface area contributed by atoms with Crippen LogP contribution in [0.1, 0.15) is 38.5 Å². The molecule has 130 valence electrons. The smallest absolute Gasteiger partial charge is 0.228 e. The molecule has 1 amide bonds. The van der Waals surface area contributed by atoms with Gasteiger partial charge in [0.25, 0.3) is 0 Å². The summed E-state index contributed by atoms with van der Waals surface area (Å²) in [6.45, 7) is 0.307. The summed E-state index contributed by atoms with van der Waals surface area (Å²) in [6.07, 6.45) is 7.03. The molecule has 3 rings (SSSR count). The Morgan fingerprint density at radius 3 is 2.67 bits per heavy atom. The molecule has 1 aromatic carbocycles. The second kappa shape index (κ2) is 6.93. The monoisotopic (exact) mass is 349 g/mol. The van der Waals surface area contributed by atoms with Gasteiger partial charge in [-0.1, -0.05) is 31.4 Å². The maximum atomic E-state index is 12.2. The minimum absolute atomic E-state index is 0.0224. The van der Waals surface area contributed by atoms with Crippen LogP contribution in [-0.4, -0.2) is 36.2 Å². The van der Waals surface area contributed by atoms with Crippen LogP contribution in [0.3, 0.4) is 0 Å². The first-order valence-corrected chi connectivity index (χ1v) is 10.3. The molecule has 6 nitrogen and oxygen atoms in total. The highest BCUT2D eigenvalue weighted by Gasteiger charge is 2.20. The number of nitrogens with one attached hydrogen (secondary N) is 1. The van der Waals surface area contributed by atoms with Crippen LogP contribution in [0.4, 0.5) is 0 Å². The number of sulfone groups is 1. The van der Waals surface area contributed by atoms with Gasteiger partial charge in [-0.25, -0.2) is 13.4 Å². The number of fused-ring (bicyclic) bond motifs is 1. The molecule has 0 radical (unpaired) electrons. The van der Waals surface area contributed by atoms with Gasteiger partial charge < -0.3 is 9.88 Å². The van der Waals surface area contributed by atoms with Crippen LogP contribution in [0.2, 0.25) is 0 Å². The highest BCUT2D eigenvalue weighted by molar-refractivity contribution is 7.90. The number of carbonyl (C=O) groups is 1. The third-order valence-corrected chi connectivity index (χ3v) is 5.46. The van der Waals surface area contributed by atoms with E-state index < -0.39 is 9.84 Å². The number of hydrogen-bond acceptors (Lipinski definition) is 4. The van der Waals surface area contributed by atoms with Crippen molar-refractivity contribution in [2.75, 3.05) is 6.26 Å². The fraction of sp³-hybridized carbons (Fsp3) is 0.529. The standard InChI is InChI=1S/C17H23N3O3S/c1-24(22,23)17-19-14-9-5-6-10-15(14)20(17)12-11-16(21)18-13-7-3-2-4-8-13/h5-6,9-10,13H,2-4,7-8,11-12H2,1H3,(H,18,21). The second-order valence-corrected chi connectivity index (χ2v) is 8.37. The summed E-state index contributed by atoms with van der Waals surface area (Å²) in [7, 11) is -3.45. The van der Waals surface area contributed by atoms with Gasteiger partial charge in [-0.05, 0) is 25.0 Å². The molecule has 24 heavy (non-hydrogen) atoms. The van der Waals surface area contributed by atoms with Crippen LogP contribution in [0.15, 0.2) is 29.4 Å². The van der Waals surface area contributed by atoms with Gasteiger partial charge in [0.2, 0.25) is 20.9 Å². The molecule has 0 spiro atoms. The number of aromatic nitrogens is 2. The van der Waals surface area contributed by atoms with Crippen LogP contribution in [0.5, 0.6) is 0 Å². The van der Waals surface area contributed by atoms with Crippen LogP contribution in [0.25, 0.3) is 11.0 Å². The fourth-order valence-corrected chi connectivity index (χ4v) is 4.17. The Bertz CT molecular complexity index is 836. The van der Waals surface area contributed by atoms with Gasteiger partial charge in [-0.3, -0.25) is 4.79 Å². The van der Waals surface area contributed by atoms with E-state index in [-0.39, 0.29) is 23.5 Å². The van der Waals surface area contributed by atoms with E-state index in [4.69, 9.17) is 0 Å². The van der Waals surface area contributed by atoms with Crippen molar-refractivity contribution in [2.45, 2.75) is 56.3 Å². The van der Waals surface area contributed by atoms with E-state index in [0.717, 1.165) is 37.5 Å². The lowest BCUT2D eigenvalue weighted by atomic mass is 9.95. The highest BCUT2D eigenvalue weighted by Crippen LogP contribution is 2.20. The second-order valence-electron chi connectivity index (χ2n) is 6.46. The van der Waals surface area contributed by atoms with Gasteiger partial charge in [0, 0.05) is 25.3 Å². The minimum atomic E-state index is -3.45. The third kappa shape index (κ3) is 3.77. The number of carbonyl (C=O) groups excluding carboxylic acids is 1. The van der Waals surface area contributed by atoms with Crippen molar-refractivity contribution in [3.8, 4) is 0 Å². The zero-order valence-electron chi connectivity index (χ0n) is 13.9. The molecule has 0 atom stereocenters. The number of amides is 1. The first kappa shape index (κ1) is 17.0. The minimum Gasteiger partial charge on any atom is -0.353 e. The summed E-state index contributed by atoms with van der Waals surface area (Å²) in [5.41, 5.74) is 1.37. The van der Waals surface area contributed by atoms with Crippen molar-refractivity contribution in [1.29, 1.82) is 0 Å². The largest absolute Gasteiger partial charge is 0.353 e. The number of rotatable bonds is 5. The molecular weight excluding hydrogens is 326 g/mol. The topological polar surface area (TPSA) is 81.1 Å². The number of para-hydroxylation sites is 2. The predicted molar refractivity (Wildman–Crippen MR) is 92.5 cm³/mol. The van der Waals surface area contributed by atoms with Crippen molar-refractivity contribution < 1.29 is 13.2 Å². The summed E-state index contributed by atoms with van der Waals surface area (Å²) >= 11 is 0. The van der Waals surface area contributed by atoms with Gasteiger partial charge in [0.15, 0.2) is 0 Å². The Labute approximate surface area is 142 Å². The van der Waals surface area contributed by atoms with E-state index in [9.17, 15) is 13.2 Å². The SMILES string of the molecule is CS(=O)(=O)c1nc2ccccc2n1CCC(=O)NC1CCCCC1. The number of nitrogens with zero attached hydrogens (tertiary/aromatic N) is 2. The number of imidazole rings is 1. The maximum Gasteiger partial charge on any atom is 0.228 e.